The normalized spacial score (nSPS) is 18.9. The van der Waals surface area contributed by atoms with Gasteiger partial charge in [0.15, 0.2) is 0 Å². The predicted octanol–water partition coefficient (Wildman–Crippen LogP) is 2.39. The van der Waals surface area contributed by atoms with Crippen LogP contribution in [0.15, 0.2) is 18.5 Å². The number of aromatic nitrogens is 4. The second kappa shape index (κ2) is 6.69. The van der Waals surface area contributed by atoms with E-state index in [1.54, 1.807) is 6.20 Å². The number of nitrogens with zero attached hydrogens (tertiary/aromatic N) is 4. The first kappa shape index (κ1) is 17.2. The Morgan fingerprint density at radius 3 is 2.58 bits per heavy atom. The van der Waals surface area contributed by atoms with Crippen molar-refractivity contribution in [2.45, 2.75) is 51.7 Å². The number of rotatable bonds is 4. The summed E-state index contributed by atoms with van der Waals surface area (Å²) < 4.78 is 1.91. The first-order chi connectivity index (χ1) is 11.3. The molecule has 24 heavy (non-hydrogen) atoms. The van der Waals surface area contributed by atoms with E-state index >= 15 is 0 Å². The molecule has 1 aliphatic rings. The second-order valence-corrected chi connectivity index (χ2v) is 7.98. The minimum Gasteiger partial charge on any atom is -0.385 e. The third kappa shape index (κ3) is 3.70. The van der Waals surface area contributed by atoms with Gasteiger partial charge in [-0.25, -0.2) is 4.98 Å². The van der Waals surface area contributed by atoms with E-state index in [2.05, 4.69) is 46.9 Å². The van der Waals surface area contributed by atoms with Crippen molar-refractivity contribution >= 4 is 0 Å². The second-order valence-electron chi connectivity index (χ2n) is 7.98. The molecule has 3 heterocycles. The van der Waals surface area contributed by atoms with Gasteiger partial charge >= 0.3 is 0 Å². The Hall–Kier alpha value is -1.66. The van der Waals surface area contributed by atoms with Crippen LogP contribution >= 0.6 is 0 Å². The predicted molar refractivity (Wildman–Crippen MR) is 93.5 cm³/mol. The lowest BCUT2D eigenvalue weighted by Gasteiger charge is -2.33. The zero-order valence-electron chi connectivity index (χ0n) is 15.2. The van der Waals surface area contributed by atoms with E-state index in [-0.39, 0.29) is 11.3 Å². The molecule has 2 aromatic rings. The molecule has 1 atom stereocenters. The van der Waals surface area contributed by atoms with Crippen molar-refractivity contribution in [3.8, 4) is 0 Å². The average Bonchev–Trinajstić information content (AvgIpc) is 3.16. The summed E-state index contributed by atoms with van der Waals surface area (Å²) in [6, 6.07) is 2.18. The number of nitrogens with one attached hydrogen (secondary N) is 1. The lowest BCUT2D eigenvalue weighted by molar-refractivity contribution is 0.0489. The minimum atomic E-state index is -0.466. The van der Waals surface area contributed by atoms with Gasteiger partial charge in [0.25, 0.3) is 0 Å². The maximum absolute atomic E-state index is 10.6. The van der Waals surface area contributed by atoms with Crippen LogP contribution in [0.1, 0.15) is 56.9 Å². The van der Waals surface area contributed by atoms with Gasteiger partial charge < -0.3 is 9.67 Å². The molecule has 0 spiro atoms. The van der Waals surface area contributed by atoms with Crippen molar-refractivity contribution in [2.75, 3.05) is 13.1 Å². The third-order valence-electron chi connectivity index (χ3n) is 5.00. The highest BCUT2D eigenvalue weighted by Crippen LogP contribution is 2.30. The number of likely N-dealkylation sites (tertiary alicyclic amines) is 1. The van der Waals surface area contributed by atoms with E-state index in [9.17, 15) is 5.11 Å². The number of hydrogen-bond donors (Lipinski definition) is 2. The Kier molecular flexibility index (Phi) is 4.78. The molecule has 6 nitrogen and oxygen atoms in total. The maximum atomic E-state index is 10.6. The van der Waals surface area contributed by atoms with Gasteiger partial charge in [0.2, 0.25) is 0 Å². The highest BCUT2D eigenvalue weighted by Gasteiger charge is 2.28. The molecule has 1 fully saturated rings. The lowest BCUT2D eigenvalue weighted by atomic mass is 9.90. The molecule has 1 unspecified atom stereocenters. The molecule has 3 rings (SSSR count). The monoisotopic (exact) mass is 331 g/mol. The van der Waals surface area contributed by atoms with Gasteiger partial charge in [0, 0.05) is 37.1 Å². The van der Waals surface area contributed by atoms with Gasteiger partial charge in [-0.1, -0.05) is 20.8 Å². The van der Waals surface area contributed by atoms with Crippen LogP contribution in [0.5, 0.6) is 0 Å². The van der Waals surface area contributed by atoms with Gasteiger partial charge in [-0.15, -0.1) is 0 Å². The SMILES string of the molecule is Cn1ccnc1C(O)C1CCN(Cc2cc(C(C)(C)C)n[nH]2)CC1. The van der Waals surface area contributed by atoms with E-state index in [4.69, 9.17) is 0 Å². The van der Waals surface area contributed by atoms with Crippen LogP contribution in [0.25, 0.3) is 0 Å². The summed E-state index contributed by atoms with van der Waals surface area (Å²) in [6.45, 7) is 9.42. The molecular weight excluding hydrogens is 302 g/mol. The molecule has 0 amide bonds. The van der Waals surface area contributed by atoms with Crippen LogP contribution in [0.4, 0.5) is 0 Å². The van der Waals surface area contributed by atoms with E-state index < -0.39 is 6.10 Å². The summed E-state index contributed by atoms with van der Waals surface area (Å²) in [5, 5.41) is 18.2. The van der Waals surface area contributed by atoms with Crippen LogP contribution < -0.4 is 0 Å². The molecule has 0 radical (unpaired) electrons. The molecule has 0 aliphatic carbocycles. The van der Waals surface area contributed by atoms with Crippen molar-refractivity contribution < 1.29 is 5.11 Å². The number of imidazole rings is 1. The number of aromatic amines is 1. The van der Waals surface area contributed by atoms with Crippen molar-refractivity contribution in [3.63, 3.8) is 0 Å². The van der Waals surface area contributed by atoms with Crippen molar-refractivity contribution in [2.24, 2.45) is 13.0 Å². The minimum absolute atomic E-state index is 0.0773. The van der Waals surface area contributed by atoms with Crippen LogP contribution in [0, 0.1) is 5.92 Å². The zero-order valence-corrected chi connectivity index (χ0v) is 15.2. The van der Waals surface area contributed by atoms with Gasteiger partial charge in [0.05, 0.1) is 5.69 Å². The number of piperidine rings is 1. The molecule has 6 heteroatoms. The van der Waals surface area contributed by atoms with E-state index in [0.29, 0.717) is 0 Å². The fraction of sp³-hybridized carbons (Fsp3) is 0.667. The summed E-state index contributed by atoms with van der Waals surface area (Å²) in [4.78, 5) is 6.72. The lowest BCUT2D eigenvalue weighted by Crippen LogP contribution is -2.35. The smallest absolute Gasteiger partial charge is 0.137 e. The fourth-order valence-electron chi connectivity index (χ4n) is 3.37. The summed E-state index contributed by atoms with van der Waals surface area (Å²) in [5.41, 5.74) is 2.36. The molecule has 2 aromatic heterocycles. The van der Waals surface area contributed by atoms with Crippen molar-refractivity contribution in [1.29, 1.82) is 0 Å². The average molecular weight is 331 g/mol. The number of aliphatic hydroxyl groups is 1. The summed E-state index contributed by atoms with van der Waals surface area (Å²) in [5.74, 6) is 1.06. The Morgan fingerprint density at radius 2 is 2.04 bits per heavy atom. The summed E-state index contributed by atoms with van der Waals surface area (Å²) in [7, 11) is 1.94. The molecule has 0 saturated carbocycles. The van der Waals surface area contributed by atoms with Crippen LogP contribution in [0.2, 0.25) is 0 Å². The number of H-pyrrole nitrogens is 1. The van der Waals surface area contributed by atoms with Crippen molar-refractivity contribution in [3.05, 3.63) is 35.7 Å². The first-order valence-corrected chi connectivity index (χ1v) is 8.77. The molecule has 2 N–H and O–H groups in total. The number of hydrogen-bond acceptors (Lipinski definition) is 4. The maximum Gasteiger partial charge on any atom is 0.137 e. The Labute approximate surface area is 143 Å². The summed E-state index contributed by atoms with van der Waals surface area (Å²) >= 11 is 0. The Morgan fingerprint density at radius 1 is 1.33 bits per heavy atom. The third-order valence-corrected chi connectivity index (χ3v) is 5.00. The van der Waals surface area contributed by atoms with Gasteiger partial charge in [-0.2, -0.15) is 5.10 Å². The van der Waals surface area contributed by atoms with Crippen LogP contribution in [-0.2, 0) is 19.0 Å². The molecule has 0 aromatic carbocycles. The Bertz CT molecular complexity index is 661. The summed E-state index contributed by atoms with van der Waals surface area (Å²) in [6.07, 6.45) is 5.16. The fourth-order valence-corrected chi connectivity index (χ4v) is 3.37. The first-order valence-electron chi connectivity index (χ1n) is 8.77. The van der Waals surface area contributed by atoms with Gasteiger partial charge in [0.1, 0.15) is 11.9 Å². The van der Waals surface area contributed by atoms with Gasteiger partial charge in [-0.3, -0.25) is 10.00 Å². The molecular formula is C18H29N5O. The largest absolute Gasteiger partial charge is 0.385 e. The van der Waals surface area contributed by atoms with Gasteiger partial charge in [-0.05, 0) is 37.9 Å². The zero-order chi connectivity index (χ0) is 17.3. The van der Waals surface area contributed by atoms with E-state index in [1.165, 1.54) is 5.69 Å². The highest BCUT2D eigenvalue weighted by atomic mass is 16.3. The molecule has 0 bridgehead atoms. The standard InChI is InChI=1S/C18H29N5O/c1-18(2,3)15-11-14(20-21-15)12-23-8-5-13(6-9-23)16(24)17-19-7-10-22(17)4/h7,10-11,13,16,24H,5-6,8-9,12H2,1-4H3,(H,20,21). The number of aryl methyl sites for hydroxylation is 1. The Balaban J connectivity index is 1.54. The van der Waals surface area contributed by atoms with Crippen LogP contribution in [0.3, 0.4) is 0 Å². The quantitative estimate of drug-likeness (QED) is 0.902. The number of aliphatic hydroxyl groups excluding tert-OH is 1. The molecule has 1 saturated heterocycles. The topological polar surface area (TPSA) is 70.0 Å². The van der Waals surface area contributed by atoms with Crippen LogP contribution in [-0.4, -0.2) is 42.8 Å². The van der Waals surface area contributed by atoms with Crippen molar-refractivity contribution in [1.82, 2.24) is 24.6 Å². The highest BCUT2D eigenvalue weighted by molar-refractivity contribution is 5.16. The molecule has 1 aliphatic heterocycles. The molecule has 132 valence electrons. The van der Waals surface area contributed by atoms with E-state index in [0.717, 1.165) is 44.0 Å². The van der Waals surface area contributed by atoms with E-state index in [1.807, 2.05) is 17.8 Å².